The van der Waals surface area contributed by atoms with Gasteiger partial charge in [-0.05, 0) is 32.1 Å². The molecule has 0 fully saturated rings. The highest BCUT2D eigenvalue weighted by Crippen LogP contribution is 2.11. The summed E-state index contributed by atoms with van der Waals surface area (Å²) in [6.45, 7) is 5.45. The topological polar surface area (TPSA) is 60.4 Å². The Balaban J connectivity index is 3.44. The highest BCUT2D eigenvalue weighted by Gasteiger charge is 2.21. The minimum atomic E-state index is -4.06. The van der Waals surface area contributed by atoms with Crippen LogP contribution in [0.4, 0.5) is 0 Å². The lowest BCUT2D eigenvalue weighted by atomic mass is 10.1. The fourth-order valence-corrected chi connectivity index (χ4v) is 3.47. The van der Waals surface area contributed by atoms with Crippen LogP contribution in [0.2, 0.25) is 0 Å². The van der Waals surface area contributed by atoms with Gasteiger partial charge in [0.15, 0.2) is 0 Å². The molecule has 5 heteroatoms. The highest BCUT2D eigenvalue weighted by molar-refractivity contribution is 8.02. The van der Waals surface area contributed by atoms with E-state index in [0.717, 1.165) is 32.1 Å². The van der Waals surface area contributed by atoms with E-state index < -0.39 is 15.2 Å². The Labute approximate surface area is 161 Å². The highest BCUT2D eigenvalue weighted by atomic mass is 32.2. The van der Waals surface area contributed by atoms with Gasteiger partial charge in [0.05, 0.1) is 6.61 Å². The van der Waals surface area contributed by atoms with Crippen molar-refractivity contribution in [3.63, 3.8) is 0 Å². The van der Waals surface area contributed by atoms with Crippen molar-refractivity contribution in [2.75, 3.05) is 6.61 Å². The van der Waals surface area contributed by atoms with Crippen molar-refractivity contribution in [3.05, 3.63) is 24.8 Å². The Bertz CT molecular complexity index is 480. The molecule has 0 rings (SSSR count). The average molecular weight is 387 g/mol. The van der Waals surface area contributed by atoms with E-state index in [4.69, 9.17) is 0 Å². The average Bonchev–Trinajstić information content (AvgIpc) is 2.63. The SMILES string of the molecule is C=CCOS(=O)(=O)C(=O)CCCCCCCC=CCCCCCCCC. The summed E-state index contributed by atoms with van der Waals surface area (Å²) in [7, 11) is -4.06. The van der Waals surface area contributed by atoms with E-state index in [-0.39, 0.29) is 13.0 Å². The van der Waals surface area contributed by atoms with Crippen molar-refractivity contribution >= 4 is 15.2 Å². The molecular weight excluding hydrogens is 348 g/mol. The van der Waals surface area contributed by atoms with E-state index in [1.165, 1.54) is 51.0 Å². The van der Waals surface area contributed by atoms with Crippen molar-refractivity contribution in [2.24, 2.45) is 0 Å². The van der Waals surface area contributed by atoms with E-state index in [1.54, 1.807) is 0 Å². The van der Waals surface area contributed by atoms with Crippen molar-refractivity contribution in [1.29, 1.82) is 0 Å². The van der Waals surface area contributed by atoms with Gasteiger partial charge in [-0.1, -0.05) is 76.5 Å². The summed E-state index contributed by atoms with van der Waals surface area (Å²) in [6, 6.07) is 0. The predicted molar refractivity (Wildman–Crippen MR) is 110 cm³/mol. The van der Waals surface area contributed by atoms with Crippen molar-refractivity contribution in [1.82, 2.24) is 0 Å². The van der Waals surface area contributed by atoms with Crippen LogP contribution in [0, 0.1) is 0 Å². The van der Waals surface area contributed by atoms with Crippen LogP contribution in [0.3, 0.4) is 0 Å². The Kier molecular flexibility index (Phi) is 16.8. The minimum absolute atomic E-state index is 0.0393. The van der Waals surface area contributed by atoms with E-state index in [2.05, 4.69) is 29.8 Å². The van der Waals surface area contributed by atoms with Crippen LogP contribution in [0.1, 0.15) is 96.8 Å². The lowest BCUT2D eigenvalue weighted by Crippen LogP contribution is -2.17. The molecule has 0 aliphatic heterocycles. The van der Waals surface area contributed by atoms with Gasteiger partial charge in [0.25, 0.3) is 5.12 Å². The quantitative estimate of drug-likeness (QED) is 0.163. The first-order chi connectivity index (χ1) is 12.5. The molecule has 26 heavy (non-hydrogen) atoms. The van der Waals surface area contributed by atoms with Gasteiger partial charge in [-0.3, -0.25) is 8.98 Å². The van der Waals surface area contributed by atoms with Gasteiger partial charge in [-0.25, -0.2) is 0 Å². The molecule has 0 aliphatic carbocycles. The van der Waals surface area contributed by atoms with E-state index >= 15 is 0 Å². The molecule has 0 amide bonds. The molecule has 0 aromatic carbocycles. The number of hydrogen-bond acceptors (Lipinski definition) is 4. The summed E-state index contributed by atoms with van der Waals surface area (Å²) in [6.07, 6.45) is 21.1. The van der Waals surface area contributed by atoms with Gasteiger partial charge in [0.1, 0.15) is 0 Å². The Hall–Kier alpha value is -0.940. The van der Waals surface area contributed by atoms with Crippen LogP contribution in [-0.2, 0) is 19.1 Å². The second-order valence-corrected chi connectivity index (χ2v) is 8.33. The van der Waals surface area contributed by atoms with Crippen molar-refractivity contribution in [2.45, 2.75) is 96.8 Å². The zero-order valence-corrected chi connectivity index (χ0v) is 17.4. The number of unbranched alkanes of at least 4 members (excludes halogenated alkanes) is 11. The molecule has 0 aromatic rings. The van der Waals surface area contributed by atoms with E-state index in [9.17, 15) is 13.2 Å². The molecule has 0 aromatic heterocycles. The molecule has 0 aliphatic rings. The third-order valence-corrected chi connectivity index (χ3v) is 5.47. The van der Waals surface area contributed by atoms with Crippen LogP contribution in [0.15, 0.2) is 24.8 Å². The number of hydrogen-bond donors (Lipinski definition) is 0. The van der Waals surface area contributed by atoms with Crippen molar-refractivity contribution < 1.29 is 17.4 Å². The molecule has 0 radical (unpaired) electrons. The first-order valence-electron chi connectivity index (χ1n) is 10.2. The van der Waals surface area contributed by atoms with Gasteiger partial charge in [0, 0.05) is 6.42 Å². The summed E-state index contributed by atoms with van der Waals surface area (Å²) in [5.74, 6) is 0. The standard InChI is InChI=1S/C21H38O4S/c1-3-5-6-7-8-9-10-11-12-13-14-15-16-17-18-19-21(22)26(23,24)25-20-4-2/h4,11-12H,2-3,5-10,13-20H2,1H3. The van der Waals surface area contributed by atoms with Crippen LogP contribution < -0.4 is 0 Å². The summed E-state index contributed by atoms with van der Waals surface area (Å²) in [4.78, 5) is 11.5. The van der Waals surface area contributed by atoms with E-state index in [1.807, 2.05) is 0 Å². The molecule has 0 heterocycles. The third kappa shape index (κ3) is 15.3. The zero-order chi connectivity index (χ0) is 19.5. The van der Waals surface area contributed by atoms with Gasteiger partial charge in [0.2, 0.25) is 0 Å². The fourth-order valence-electron chi connectivity index (χ4n) is 2.67. The van der Waals surface area contributed by atoms with Gasteiger partial charge < -0.3 is 0 Å². The zero-order valence-electron chi connectivity index (χ0n) is 16.6. The van der Waals surface area contributed by atoms with Crippen LogP contribution in [0.5, 0.6) is 0 Å². The first kappa shape index (κ1) is 25.1. The molecule has 0 spiro atoms. The Morgan fingerprint density at radius 2 is 1.35 bits per heavy atom. The summed E-state index contributed by atoms with van der Waals surface area (Å²) >= 11 is 0. The lowest BCUT2D eigenvalue weighted by Gasteiger charge is -2.03. The van der Waals surface area contributed by atoms with E-state index in [0.29, 0.717) is 6.42 Å². The maximum Gasteiger partial charge on any atom is 0.331 e. The number of carbonyl (C=O) groups is 1. The predicted octanol–water partition coefficient (Wildman–Crippen LogP) is 6.08. The maximum absolute atomic E-state index is 11.5. The monoisotopic (exact) mass is 386 g/mol. The molecule has 0 N–H and O–H groups in total. The number of rotatable bonds is 18. The van der Waals surface area contributed by atoms with Crippen LogP contribution in [-0.4, -0.2) is 20.1 Å². The molecule has 0 saturated carbocycles. The third-order valence-electron chi connectivity index (χ3n) is 4.26. The second kappa shape index (κ2) is 17.5. The molecular formula is C21H38O4S. The molecule has 152 valence electrons. The second-order valence-electron chi connectivity index (χ2n) is 6.73. The molecule has 0 bridgehead atoms. The number of allylic oxidation sites excluding steroid dienone is 2. The largest absolute Gasteiger partial charge is 0.331 e. The van der Waals surface area contributed by atoms with Gasteiger partial charge in [-0.2, -0.15) is 8.42 Å². The summed E-state index contributed by atoms with van der Waals surface area (Å²) < 4.78 is 27.4. The normalized spacial score (nSPS) is 11.9. The molecule has 0 unspecified atom stereocenters. The smallest absolute Gasteiger partial charge is 0.279 e. The maximum atomic E-state index is 11.5. The summed E-state index contributed by atoms with van der Waals surface area (Å²) in [5.41, 5.74) is 0. The van der Waals surface area contributed by atoms with Crippen molar-refractivity contribution in [3.8, 4) is 0 Å². The number of carbonyl (C=O) groups excluding carboxylic acids is 1. The Morgan fingerprint density at radius 3 is 1.88 bits per heavy atom. The van der Waals surface area contributed by atoms with Gasteiger partial charge >= 0.3 is 10.1 Å². The Morgan fingerprint density at radius 1 is 0.846 bits per heavy atom. The minimum Gasteiger partial charge on any atom is -0.279 e. The fraction of sp³-hybridized carbons (Fsp3) is 0.762. The first-order valence-corrected chi connectivity index (χ1v) is 11.6. The summed E-state index contributed by atoms with van der Waals surface area (Å²) in [5, 5.41) is -0.822. The van der Waals surface area contributed by atoms with Gasteiger partial charge in [-0.15, -0.1) is 6.58 Å². The van der Waals surface area contributed by atoms with Crippen LogP contribution in [0.25, 0.3) is 0 Å². The molecule has 0 saturated heterocycles. The molecule has 4 nitrogen and oxygen atoms in total. The van der Waals surface area contributed by atoms with Crippen LogP contribution >= 0.6 is 0 Å². The molecule has 0 atom stereocenters. The lowest BCUT2D eigenvalue weighted by molar-refractivity contribution is -0.112.